The van der Waals surface area contributed by atoms with Crippen molar-refractivity contribution in [2.75, 3.05) is 12.4 Å². The standard InChI is InChI=1S/C14H11FN2O4/c1-21-13-9(3-2-6-16-13)12(18)17-11-5-4-8(14(19)20)7-10(11)15/h2-7H,1H3,(H,17,18)(H,19,20). The van der Waals surface area contributed by atoms with Crippen LogP contribution >= 0.6 is 0 Å². The SMILES string of the molecule is COc1ncccc1C(=O)Nc1ccc(C(=O)O)cc1F. The Bertz CT molecular complexity index is 703. The van der Waals surface area contributed by atoms with Crippen LogP contribution in [0.25, 0.3) is 0 Å². The average Bonchev–Trinajstić information content (AvgIpc) is 2.48. The summed E-state index contributed by atoms with van der Waals surface area (Å²) in [5.74, 6) is -2.59. The number of methoxy groups -OCH3 is 1. The highest BCUT2D eigenvalue weighted by Gasteiger charge is 2.15. The molecule has 0 saturated carbocycles. The third kappa shape index (κ3) is 3.14. The Hall–Kier alpha value is -2.96. The summed E-state index contributed by atoms with van der Waals surface area (Å²) in [4.78, 5) is 26.6. The second-order valence-corrected chi connectivity index (χ2v) is 4.01. The van der Waals surface area contributed by atoms with Crippen molar-refractivity contribution in [2.24, 2.45) is 0 Å². The summed E-state index contributed by atoms with van der Waals surface area (Å²) in [5.41, 5.74) is -0.193. The van der Waals surface area contributed by atoms with E-state index in [-0.39, 0.29) is 22.7 Å². The Balaban J connectivity index is 2.26. The molecule has 2 N–H and O–H groups in total. The maximum absolute atomic E-state index is 13.7. The Morgan fingerprint density at radius 1 is 1.33 bits per heavy atom. The van der Waals surface area contributed by atoms with Gasteiger partial charge in [-0.3, -0.25) is 4.79 Å². The molecule has 0 atom stereocenters. The summed E-state index contributed by atoms with van der Waals surface area (Å²) in [6, 6.07) is 6.23. The van der Waals surface area contributed by atoms with Gasteiger partial charge in [-0.05, 0) is 30.3 Å². The maximum Gasteiger partial charge on any atom is 0.335 e. The fourth-order valence-corrected chi connectivity index (χ4v) is 1.67. The van der Waals surface area contributed by atoms with Gasteiger partial charge in [-0.15, -0.1) is 0 Å². The van der Waals surface area contributed by atoms with E-state index in [9.17, 15) is 14.0 Å². The first kappa shape index (κ1) is 14.4. The van der Waals surface area contributed by atoms with Crippen molar-refractivity contribution in [3.05, 3.63) is 53.5 Å². The minimum atomic E-state index is -1.25. The van der Waals surface area contributed by atoms with Crippen LogP contribution in [0.2, 0.25) is 0 Å². The number of nitrogens with one attached hydrogen (secondary N) is 1. The van der Waals surface area contributed by atoms with E-state index in [2.05, 4.69) is 10.3 Å². The highest BCUT2D eigenvalue weighted by Crippen LogP contribution is 2.19. The molecule has 0 spiro atoms. The van der Waals surface area contributed by atoms with Gasteiger partial charge in [-0.2, -0.15) is 0 Å². The molecule has 1 aromatic carbocycles. The van der Waals surface area contributed by atoms with E-state index in [1.54, 1.807) is 6.07 Å². The molecule has 6 nitrogen and oxygen atoms in total. The molecule has 1 amide bonds. The summed E-state index contributed by atoms with van der Waals surface area (Å²) in [5, 5.41) is 11.1. The predicted molar refractivity (Wildman–Crippen MR) is 72.1 cm³/mol. The van der Waals surface area contributed by atoms with Gasteiger partial charge in [-0.1, -0.05) is 0 Å². The first-order chi connectivity index (χ1) is 10.0. The molecule has 108 valence electrons. The molecule has 0 aliphatic carbocycles. The molecular formula is C14H11FN2O4. The average molecular weight is 290 g/mol. The van der Waals surface area contributed by atoms with Crippen molar-refractivity contribution in [1.29, 1.82) is 0 Å². The number of nitrogens with zero attached hydrogens (tertiary/aromatic N) is 1. The van der Waals surface area contributed by atoms with Crippen molar-refractivity contribution in [1.82, 2.24) is 4.98 Å². The number of halogens is 1. The van der Waals surface area contributed by atoms with Gasteiger partial charge in [0.25, 0.3) is 5.91 Å². The zero-order chi connectivity index (χ0) is 15.4. The lowest BCUT2D eigenvalue weighted by molar-refractivity contribution is 0.0696. The number of carbonyl (C=O) groups is 2. The molecule has 0 bridgehead atoms. The molecule has 1 heterocycles. The Kier molecular flexibility index (Phi) is 4.13. The van der Waals surface area contributed by atoms with Gasteiger partial charge >= 0.3 is 5.97 Å². The predicted octanol–water partition coefficient (Wildman–Crippen LogP) is 2.18. The van der Waals surface area contributed by atoms with Crippen LogP contribution in [0.15, 0.2) is 36.5 Å². The van der Waals surface area contributed by atoms with Crippen molar-refractivity contribution in [3.63, 3.8) is 0 Å². The van der Waals surface area contributed by atoms with E-state index in [4.69, 9.17) is 9.84 Å². The third-order valence-electron chi connectivity index (χ3n) is 2.67. The summed E-state index contributed by atoms with van der Waals surface area (Å²) >= 11 is 0. The van der Waals surface area contributed by atoms with Crippen molar-refractivity contribution < 1.29 is 23.8 Å². The first-order valence-electron chi connectivity index (χ1n) is 5.86. The Morgan fingerprint density at radius 2 is 2.10 bits per heavy atom. The fraction of sp³-hybridized carbons (Fsp3) is 0.0714. The fourth-order valence-electron chi connectivity index (χ4n) is 1.67. The van der Waals surface area contributed by atoms with Gasteiger partial charge in [0.2, 0.25) is 5.88 Å². The molecule has 2 rings (SSSR count). The summed E-state index contributed by atoms with van der Waals surface area (Å²) < 4.78 is 18.7. The summed E-state index contributed by atoms with van der Waals surface area (Å²) in [6.07, 6.45) is 1.46. The highest BCUT2D eigenvalue weighted by atomic mass is 19.1. The molecule has 7 heteroatoms. The van der Waals surface area contributed by atoms with Crippen LogP contribution in [0.5, 0.6) is 5.88 Å². The smallest absolute Gasteiger partial charge is 0.335 e. The first-order valence-corrected chi connectivity index (χ1v) is 5.86. The lowest BCUT2D eigenvalue weighted by Crippen LogP contribution is -2.15. The zero-order valence-corrected chi connectivity index (χ0v) is 11.0. The second kappa shape index (κ2) is 6.00. The van der Waals surface area contributed by atoms with Crippen LogP contribution in [-0.4, -0.2) is 29.1 Å². The van der Waals surface area contributed by atoms with Crippen LogP contribution in [0.4, 0.5) is 10.1 Å². The topological polar surface area (TPSA) is 88.5 Å². The number of carboxylic acid groups (broad SMARTS) is 1. The lowest BCUT2D eigenvalue weighted by Gasteiger charge is -2.09. The second-order valence-electron chi connectivity index (χ2n) is 4.01. The number of amides is 1. The van der Waals surface area contributed by atoms with Crippen LogP contribution in [-0.2, 0) is 0 Å². The minimum absolute atomic E-state index is 0.109. The minimum Gasteiger partial charge on any atom is -0.480 e. The quantitative estimate of drug-likeness (QED) is 0.901. The van der Waals surface area contributed by atoms with Crippen LogP contribution in [0.1, 0.15) is 20.7 Å². The largest absolute Gasteiger partial charge is 0.480 e. The molecule has 0 radical (unpaired) electrons. The molecular weight excluding hydrogens is 279 g/mol. The van der Waals surface area contributed by atoms with E-state index >= 15 is 0 Å². The number of ether oxygens (including phenoxy) is 1. The molecule has 0 saturated heterocycles. The number of pyridine rings is 1. The number of aromatic carboxylic acids is 1. The number of hydrogen-bond acceptors (Lipinski definition) is 4. The van der Waals surface area contributed by atoms with E-state index < -0.39 is 17.7 Å². The normalized spacial score (nSPS) is 10.0. The third-order valence-corrected chi connectivity index (χ3v) is 2.67. The van der Waals surface area contributed by atoms with Crippen molar-refractivity contribution >= 4 is 17.6 Å². The number of benzene rings is 1. The van der Waals surface area contributed by atoms with Gasteiger partial charge in [0.1, 0.15) is 11.4 Å². The molecule has 21 heavy (non-hydrogen) atoms. The molecule has 0 fully saturated rings. The van der Waals surface area contributed by atoms with E-state index in [0.717, 1.165) is 6.07 Å². The zero-order valence-electron chi connectivity index (χ0n) is 11.0. The number of carboxylic acids is 1. The van der Waals surface area contributed by atoms with E-state index in [1.165, 1.54) is 31.5 Å². The Labute approximate surface area is 119 Å². The maximum atomic E-state index is 13.7. The molecule has 0 aliphatic rings. The monoisotopic (exact) mass is 290 g/mol. The van der Waals surface area contributed by atoms with Crippen LogP contribution in [0.3, 0.4) is 0 Å². The van der Waals surface area contributed by atoms with Gasteiger partial charge in [0.05, 0.1) is 18.4 Å². The highest BCUT2D eigenvalue weighted by molar-refractivity contribution is 6.06. The van der Waals surface area contributed by atoms with Gasteiger partial charge in [-0.25, -0.2) is 14.2 Å². The summed E-state index contributed by atoms with van der Waals surface area (Å²) in [7, 11) is 1.36. The molecule has 0 aliphatic heterocycles. The number of anilines is 1. The van der Waals surface area contributed by atoms with Crippen molar-refractivity contribution in [2.45, 2.75) is 0 Å². The number of rotatable bonds is 4. The number of carbonyl (C=O) groups excluding carboxylic acids is 1. The Morgan fingerprint density at radius 3 is 2.71 bits per heavy atom. The molecule has 0 unspecified atom stereocenters. The van der Waals surface area contributed by atoms with Crippen LogP contribution in [0, 0.1) is 5.82 Å². The number of hydrogen-bond donors (Lipinski definition) is 2. The van der Waals surface area contributed by atoms with Crippen molar-refractivity contribution in [3.8, 4) is 5.88 Å². The molecule has 2 aromatic rings. The van der Waals surface area contributed by atoms with E-state index in [1.807, 2.05) is 0 Å². The van der Waals surface area contributed by atoms with Gasteiger partial charge in [0, 0.05) is 6.20 Å². The van der Waals surface area contributed by atoms with Gasteiger partial charge < -0.3 is 15.2 Å². The van der Waals surface area contributed by atoms with Crippen LogP contribution < -0.4 is 10.1 Å². The summed E-state index contributed by atoms with van der Waals surface area (Å²) in [6.45, 7) is 0. The number of aromatic nitrogens is 1. The van der Waals surface area contributed by atoms with E-state index in [0.29, 0.717) is 0 Å². The lowest BCUT2D eigenvalue weighted by atomic mass is 10.2. The molecule has 1 aromatic heterocycles. The van der Waals surface area contributed by atoms with Gasteiger partial charge in [0.15, 0.2) is 0 Å².